The van der Waals surface area contributed by atoms with Crippen LogP contribution >= 0.6 is 0 Å². The van der Waals surface area contributed by atoms with Crippen LogP contribution in [0.2, 0.25) is 0 Å². The summed E-state index contributed by atoms with van der Waals surface area (Å²) >= 11 is 0. The van der Waals surface area contributed by atoms with Gasteiger partial charge in [0.15, 0.2) is 0 Å². The van der Waals surface area contributed by atoms with Gasteiger partial charge >= 0.3 is 0 Å². The Balaban J connectivity index is 1.79. The number of nitrogens with one attached hydrogen (secondary N) is 1. The molecule has 0 aliphatic carbocycles. The van der Waals surface area contributed by atoms with Crippen molar-refractivity contribution in [2.75, 3.05) is 17.4 Å². The summed E-state index contributed by atoms with van der Waals surface area (Å²) in [6.07, 6.45) is 0.112. The monoisotopic (exact) mass is 619 g/mol. The van der Waals surface area contributed by atoms with Crippen LogP contribution in [0.1, 0.15) is 25.0 Å². The van der Waals surface area contributed by atoms with E-state index in [4.69, 9.17) is 0 Å². The van der Waals surface area contributed by atoms with E-state index < -0.39 is 46.1 Å². The van der Waals surface area contributed by atoms with Gasteiger partial charge in [-0.1, -0.05) is 80.6 Å². The van der Waals surface area contributed by atoms with Crippen molar-refractivity contribution < 1.29 is 26.8 Å². The van der Waals surface area contributed by atoms with Crippen molar-refractivity contribution in [3.05, 3.63) is 132 Å². The van der Waals surface area contributed by atoms with Crippen LogP contribution in [0, 0.1) is 17.6 Å². The lowest BCUT2D eigenvalue weighted by Gasteiger charge is -2.34. The summed E-state index contributed by atoms with van der Waals surface area (Å²) < 4.78 is 57.3. The van der Waals surface area contributed by atoms with Crippen molar-refractivity contribution in [1.82, 2.24) is 10.2 Å². The second-order valence-electron chi connectivity index (χ2n) is 10.8. The molecule has 7 nitrogen and oxygen atoms in total. The molecule has 44 heavy (non-hydrogen) atoms. The smallest absolute Gasteiger partial charge is 0.264 e. The van der Waals surface area contributed by atoms with Crippen LogP contribution in [0.5, 0.6) is 0 Å². The standard InChI is InChI=1S/C34H35F2N3O4S/c1-25(2)22-37-34(41)32(21-26-11-5-3-6-12-26)38(23-27-13-9-10-16-31(27)36)33(40)24-39(29-14-7-4-8-15-29)44(42,43)30-19-17-28(35)18-20-30/h3-20,25,32H,21-24H2,1-2H3,(H,37,41)/t32-/m0/s1. The number of anilines is 1. The van der Waals surface area contributed by atoms with E-state index in [1.54, 1.807) is 24.3 Å². The second-order valence-corrected chi connectivity index (χ2v) is 12.6. The van der Waals surface area contributed by atoms with Gasteiger partial charge in [0.2, 0.25) is 11.8 Å². The summed E-state index contributed by atoms with van der Waals surface area (Å²) in [7, 11) is -4.36. The lowest BCUT2D eigenvalue weighted by atomic mass is 10.0. The molecule has 0 aliphatic heterocycles. The lowest BCUT2D eigenvalue weighted by Crippen LogP contribution is -2.53. The van der Waals surface area contributed by atoms with Crippen LogP contribution in [0.15, 0.2) is 114 Å². The number of nitrogens with zero attached hydrogens (tertiary/aromatic N) is 2. The number of carbonyl (C=O) groups is 2. The van der Waals surface area contributed by atoms with Crippen molar-refractivity contribution in [1.29, 1.82) is 0 Å². The van der Waals surface area contributed by atoms with Gasteiger partial charge < -0.3 is 10.2 Å². The fraction of sp³-hybridized carbons (Fsp3) is 0.235. The van der Waals surface area contributed by atoms with Crippen molar-refractivity contribution in [3.8, 4) is 0 Å². The molecule has 2 amide bonds. The van der Waals surface area contributed by atoms with Gasteiger partial charge in [0.25, 0.3) is 10.0 Å². The first-order chi connectivity index (χ1) is 21.1. The number of sulfonamides is 1. The molecule has 0 heterocycles. The van der Waals surface area contributed by atoms with Gasteiger partial charge in [-0.25, -0.2) is 17.2 Å². The summed E-state index contributed by atoms with van der Waals surface area (Å²) in [5.74, 6) is -2.21. The van der Waals surface area contributed by atoms with E-state index in [-0.39, 0.29) is 35.0 Å². The Labute approximate surface area is 257 Å². The van der Waals surface area contributed by atoms with E-state index in [9.17, 15) is 26.8 Å². The van der Waals surface area contributed by atoms with Crippen LogP contribution in [-0.2, 0) is 32.6 Å². The number of rotatable bonds is 13. The Kier molecular flexibility index (Phi) is 10.8. The Morgan fingerprint density at radius 1 is 0.795 bits per heavy atom. The van der Waals surface area contributed by atoms with Crippen LogP contribution in [0.4, 0.5) is 14.5 Å². The molecule has 0 saturated carbocycles. The molecule has 0 radical (unpaired) electrons. The number of carbonyl (C=O) groups excluding carboxylic acids is 2. The number of hydrogen-bond donors (Lipinski definition) is 1. The first-order valence-electron chi connectivity index (χ1n) is 14.2. The van der Waals surface area contributed by atoms with Crippen molar-refractivity contribution in [3.63, 3.8) is 0 Å². The van der Waals surface area contributed by atoms with E-state index in [2.05, 4.69) is 5.32 Å². The Morgan fingerprint density at radius 3 is 2.00 bits per heavy atom. The third-order valence-corrected chi connectivity index (χ3v) is 8.77. The summed E-state index contributed by atoms with van der Waals surface area (Å²) in [6.45, 7) is 3.25. The molecule has 4 aromatic carbocycles. The highest BCUT2D eigenvalue weighted by Gasteiger charge is 2.35. The number of para-hydroxylation sites is 1. The molecule has 1 N–H and O–H groups in total. The maximum atomic E-state index is 15.0. The maximum Gasteiger partial charge on any atom is 0.264 e. The van der Waals surface area contributed by atoms with E-state index in [0.29, 0.717) is 6.54 Å². The second kappa shape index (κ2) is 14.7. The molecule has 0 bridgehead atoms. The zero-order valence-corrected chi connectivity index (χ0v) is 25.4. The molecule has 0 aliphatic rings. The molecule has 1 atom stereocenters. The minimum absolute atomic E-state index is 0.112. The number of hydrogen-bond acceptors (Lipinski definition) is 4. The molecule has 0 spiro atoms. The largest absolute Gasteiger partial charge is 0.354 e. The highest BCUT2D eigenvalue weighted by Crippen LogP contribution is 2.25. The third kappa shape index (κ3) is 8.29. The molecular formula is C34H35F2N3O4S. The Hall–Kier alpha value is -4.57. The normalized spacial score (nSPS) is 12.0. The zero-order valence-electron chi connectivity index (χ0n) is 24.6. The average Bonchev–Trinajstić information content (AvgIpc) is 3.02. The van der Waals surface area contributed by atoms with Gasteiger partial charge in [-0.15, -0.1) is 0 Å². The van der Waals surface area contributed by atoms with E-state index >= 15 is 0 Å². The molecule has 10 heteroatoms. The van der Waals surface area contributed by atoms with Gasteiger partial charge in [-0.05, 0) is 53.9 Å². The highest BCUT2D eigenvalue weighted by atomic mass is 32.2. The van der Waals surface area contributed by atoms with Crippen LogP contribution < -0.4 is 9.62 Å². The summed E-state index contributed by atoms with van der Waals surface area (Å²) in [4.78, 5) is 29.0. The first kappa shape index (κ1) is 32.3. The molecule has 4 rings (SSSR count). The van der Waals surface area contributed by atoms with Crippen molar-refractivity contribution in [2.45, 2.75) is 37.8 Å². The van der Waals surface area contributed by atoms with Gasteiger partial charge in [0.05, 0.1) is 10.6 Å². The number of benzene rings is 4. The molecule has 230 valence electrons. The first-order valence-corrected chi connectivity index (χ1v) is 15.7. The zero-order chi connectivity index (χ0) is 31.7. The summed E-state index contributed by atoms with van der Waals surface area (Å²) in [6, 6.07) is 26.3. The van der Waals surface area contributed by atoms with Gasteiger partial charge in [0.1, 0.15) is 24.2 Å². The fourth-order valence-corrected chi connectivity index (χ4v) is 6.06. The average molecular weight is 620 g/mol. The molecule has 0 fully saturated rings. The summed E-state index contributed by atoms with van der Waals surface area (Å²) in [5.41, 5.74) is 1.13. The summed E-state index contributed by atoms with van der Waals surface area (Å²) in [5, 5.41) is 2.89. The van der Waals surface area contributed by atoms with E-state index in [1.165, 1.54) is 35.2 Å². The maximum absolute atomic E-state index is 15.0. The predicted molar refractivity (Wildman–Crippen MR) is 166 cm³/mol. The molecule has 4 aromatic rings. The topological polar surface area (TPSA) is 86.8 Å². The van der Waals surface area contributed by atoms with Crippen molar-refractivity contribution in [2.24, 2.45) is 5.92 Å². The quantitative estimate of drug-likeness (QED) is 0.212. The number of halogens is 2. The van der Waals surface area contributed by atoms with Gasteiger partial charge in [0, 0.05) is 25.1 Å². The lowest BCUT2D eigenvalue weighted by molar-refractivity contribution is -0.140. The SMILES string of the molecule is CC(C)CNC(=O)[C@H](Cc1ccccc1)N(Cc1ccccc1F)C(=O)CN(c1ccccc1)S(=O)(=O)c1ccc(F)cc1. The highest BCUT2D eigenvalue weighted by molar-refractivity contribution is 7.92. The molecular weight excluding hydrogens is 584 g/mol. The van der Waals surface area contributed by atoms with Crippen LogP contribution in [0.25, 0.3) is 0 Å². The third-order valence-electron chi connectivity index (χ3n) is 6.98. The molecule has 0 unspecified atom stereocenters. The van der Waals surface area contributed by atoms with E-state index in [0.717, 1.165) is 34.1 Å². The molecule has 0 saturated heterocycles. The predicted octanol–water partition coefficient (Wildman–Crippen LogP) is 5.57. The van der Waals surface area contributed by atoms with Gasteiger partial charge in [-0.2, -0.15) is 0 Å². The minimum atomic E-state index is -4.36. The number of amides is 2. The Morgan fingerprint density at radius 2 is 1.39 bits per heavy atom. The van der Waals surface area contributed by atoms with Gasteiger partial charge in [-0.3, -0.25) is 13.9 Å². The fourth-order valence-electron chi connectivity index (χ4n) is 4.64. The molecule has 0 aromatic heterocycles. The Bertz CT molecular complexity index is 1650. The minimum Gasteiger partial charge on any atom is -0.354 e. The van der Waals surface area contributed by atoms with E-state index in [1.807, 2.05) is 44.2 Å². The van der Waals surface area contributed by atoms with Crippen molar-refractivity contribution >= 4 is 27.5 Å². The van der Waals surface area contributed by atoms with Crippen LogP contribution in [-0.4, -0.2) is 44.3 Å². The van der Waals surface area contributed by atoms with Crippen LogP contribution in [0.3, 0.4) is 0 Å².